The van der Waals surface area contributed by atoms with Crippen LogP contribution in [0.3, 0.4) is 0 Å². The Labute approximate surface area is 440 Å². The lowest BCUT2D eigenvalue weighted by Gasteiger charge is -2.20. The van der Waals surface area contributed by atoms with Gasteiger partial charge in [0.15, 0.2) is 5.82 Å². The number of furan rings is 1. The van der Waals surface area contributed by atoms with Crippen molar-refractivity contribution in [3.8, 4) is 45.3 Å². The highest BCUT2D eigenvalue weighted by Gasteiger charge is 2.30. The smallest absolute Gasteiger partial charge is 0.252 e. The first-order valence-corrected chi connectivity index (χ1v) is 26.3. The van der Waals surface area contributed by atoms with Crippen molar-refractivity contribution >= 4 is 71.2 Å². The molecule has 0 unspecified atom stereocenters. The average molecular weight is 978 g/mol. The van der Waals surface area contributed by atoms with E-state index in [0.29, 0.717) is 22.7 Å². The summed E-state index contributed by atoms with van der Waals surface area (Å²) >= 11 is 0. The third-order valence-corrected chi connectivity index (χ3v) is 15.4. The molecule has 0 bridgehead atoms. The van der Waals surface area contributed by atoms with Crippen LogP contribution in [-0.2, 0) is 21.7 Å². The Morgan fingerprint density at radius 1 is 0.400 bits per heavy atom. The second-order valence-corrected chi connectivity index (χ2v) is 24.7. The number of hydrogen-bond donors (Lipinski definition) is 0. The minimum Gasteiger partial charge on any atom is -0.466 e. The molecule has 0 amide bonds. The molecule has 0 aliphatic rings. The predicted octanol–water partition coefficient (Wildman–Crippen LogP) is 19.3. The molecule has 370 valence electrons. The highest BCUT2D eigenvalue weighted by molar-refractivity contribution is 6.20. The number of fused-ring (bicyclic) bond motifs is 9. The first-order chi connectivity index (χ1) is 35.7. The molecule has 6 nitrogen and oxygen atoms in total. The van der Waals surface area contributed by atoms with Crippen LogP contribution in [0.1, 0.15) is 105 Å². The van der Waals surface area contributed by atoms with Gasteiger partial charge in [-0.05, 0) is 111 Å². The summed E-state index contributed by atoms with van der Waals surface area (Å²) in [6.07, 6.45) is 0. The highest BCUT2D eigenvalue weighted by Crippen LogP contribution is 2.50. The van der Waals surface area contributed by atoms with Crippen LogP contribution in [0.5, 0.6) is 0 Å². The van der Waals surface area contributed by atoms with E-state index in [1.807, 2.05) is 36.4 Å². The molecule has 8 aromatic carbocycles. The first kappa shape index (κ1) is 47.7. The number of nitrogens with zero attached hydrogens (tertiary/aromatic N) is 5. The third-order valence-electron chi connectivity index (χ3n) is 15.4. The number of aromatic nitrogens is 4. The maximum atomic E-state index is 9.25. The normalized spacial score (nSPS) is 12.8. The van der Waals surface area contributed by atoms with E-state index in [1.54, 1.807) is 0 Å². The molecule has 0 N–H and O–H groups in total. The van der Waals surface area contributed by atoms with Crippen LogP contribution >= 0.6 is 0 Å². The molecule has 75 heavy (non-hydrogen) atoms. The van der Waals surface area contributed by atoms with E-state index in [4.69, 9.17) is 14.4 Å². The second kappa shape index (κ2) is 16.9. The van der Waals surface area contributed by atoms with Crippen molar-refractivity contribution in [1.82, 2.24) is 19.1 Å². The Kier molecular flexibility index (Phi) is 10.7. The highest BCUT2D eigenvalue weighted by atomic mass is 16.3. The van der Waals surface area contributed by atoms with Crippen LogP contribution in [0, 0.1) is 6.57 Å². The summed E-state index contributed by atoms with van der Waals surface area (Å²) < 4.78 is 12.2. The van der Waals surface area contributed by atoms with Gasteiger partial charge in [-0.3, -0.25) is 0 Å². The summed E-state index contributed by atoms with van der Waals surface area (Å²) in [5.74, 6) is 0.541. The minimum absolute atomic E-state index is 0.0738. The van der Waals surface area contributed by atoms with Gasteiger partial charge in [-0.2, -0.15) is 0 Å². The molecule has 0 aliphatic heterocycles. The minimum atomic E-state index is -0.0770. The summed E-state index contributed by atoms with van der Waals surface area (Å²) in [5, 5.41) is 6.40. The number of benzene rings is 8. The topological polar surface area (TPSA) is 53.1 Å². The Morgan fingerprint density at radius 3 is 1.19 bits per heavy atom. The van der Waals surface area contributed by atoms with E-state index < -0.39 is 0 Å². The maximum Gasteiger partial charge on any atom is 0.252 e. The fourth-order valence-electron chi connectivity index (χ4n) is 11.1. The van der Waals surface area contributed by atoms with Gasteiger partial charge in [0.25, 0.3) is 5.69 Å². The van der Waals surface area contributed by atoms with Crippen molar-refractivity contribution in [2.75, 3.05) is 0 Å². The molecule has 4 heterocycles. The van der Waals surface area contributed by atoms with Crippen LogP contribution in [-0.4, -0.2) is 19.1 Å². The molecule has 12 aromatic rings. The number of hydrogen-bond acceptors (Lipinski definition) is 3. The molecule has 0 aliphatic carbocycles. The summed E-state index contributed by atoms with van der Waals surface area (Å²) in [7, 11) is 0. The lowest BCUT2D eigenvalue weighted by molar-refractivity contribution is 0.590. The van der Waals surface area contributed by atoms with Crippen molar-refractivity contribution in [3.63, 3.8) is 0 Å². The Morgan fingerprint density at radius 2 is 0.800 bits per heavy atom. The first-order valence-electron chi connectivity index (χ1n) is 26.3. The molecular weight excluding hydrogens is 915 g/mol. The molecule has 0 atom stereocenters. The number of rotatable bonds is 5. The zero-order chi connectivity index (χ0) is 52.5. The van der Waals surface area contributed by atoms with Crippen LogP contribution < -0.4 is 0 Å². The summed E-state index contributed by atoms with van der Waals surface area (Å²) in [4.78, 5) is 15.1. The summed E-state index contributed by atoms with van der Waals surface area (Å²) in [6.45, 7) is 36.6. The quantitative estimate of drug-likeness (QED) is 0.162. The Bertz CT molecular complexity index is 4120. The van der Waals surface area contributed by atoms with E-state index in [0.717, 1.165) is 83.1 Å². The van der Waals surface area contributed by atoms with Crippen molar-refractivity contribution in [2.45, 2.75) is 105 Å². The summed E-state index contributed by atoms with van der Waals surface area (Å²) in [5.41, 5.74) is 16.6. The second-order valence-electron chi connectivity index (χ2n) is 24.7. The fourth-order valence-corrected chi connectivity index (χ4v) is 11.1. The Hall–Kier alpha value is -8.27. The predicted molar refractivity (Wildman–Crippen MR) is 315 cm³/mol. The standard InChI is InChI=1S/C69H63N5O/c1-66(2,3)43-27-31-55-49(35-43)50-36-44(67(4,5)6)28-32-56(50)73(55)59-40-60(74-57-33-29-45(68(7,8)9)37-51(57)52-38-46(69(10,11)12)30-34-58(52)74)62(70-13)64-61(59)47-25-20-26-48(63(47)75-64)65-71-53(41-21-16-14-17-22-41)39-54(72-65)42-23-18-15-19-24-42/h14-40H,1-12H3. The zero-order valence-corrected chi connectivity index (χ0v) is 45.2. The van der Waals surface area contributed by atoms with Gasteiger partial charge < -0.3 is 13.6 Å². The van der Waals surface area contributed by atoms with Gasteiger partial charge in [-0.15, -0.1) is 0 Å². The van der Waals surface area contributed by atoms with E-state index in [9.17, 15) is 6.57 Å². The van der Waals surface area contributed by atoms with Crippen molar-refractivity contribution in [2.24, 2.45) is 0 Å². The van der Waals surface area contributed by atoms with Gasteiger partial charge in [0.05, 0.1) is 57.0 Å². The van der Waals surface area contributed by atoms with Crippen LogP contribution in [0.15, 0.2) is 168 Å². The van der Waals surface area contributed by atoms with Gasteiger partial charge >= 0.3 is 0 Å². The van der Waals surface area contributed by atoms with Crippen LogP contribution in [0.25, 0.3) is 116 Å². The molecule has 0 saturated carbocycles. The summed E-state index contributed by atoms with van der Waals surface area (Å²) in [6, 6.07) is 58.8. The van der Waals surface area contributed by atoms with Crippen LogP contribution in [0.2, 0.25) is 0 Å². The molecule has 0 radical (unpaired) electrons. The van der Waals surface area contributed by atoms with Gasteiger partial charge in [0.2, 0.25) is 0 Å². The molecule has 0 fully saturated rings. The van der Waals surface area contributed by atoms with Gasteiger partial charge in [-0.25, -0.2) is 14.8 Å². The monoisotopic (exact) mass is 978 g/mol. The largest absolute Gasteiger partial charge is 0.466 e. The molecule has 12 rings (SSSR count). The lowest BCUT2D eigenvalue weighted by Crippen LogP contribution is -2.10. The maximum absolute atomic E-state index is 9.25. The van der Waals surface area contributed by atoms with E-state index in [1.165, 1.54) is 33.0 Å². The van der Waals surface area contributed by atoms with Gasteiger partial charge in [-0.1, -0.05) is 180 Å². The van der Waals surface area contributed by atoms with E-state index >= 15 is 0 Å². The SMILES string of the molecule is [C-]#[N+]c1c(-n2c3ccc(C(C)(C)C)cc3c3cc(C(C)(C)C)ccc32)cc(-n2c3ccc(C(C)(C)C)cc3c3cc(C(C)(C)C)ccc32)c2c1oc1c(-c3nc(-c4ccccc4)cc(-c4ccccc4)n3)cccc12. The van der Waals surface area contributed by atoms with Gasteiger partial charge in [0, 0.05) is 43.4 Å². The van der Waals surface area contributed by atoms with Crippen molar-refractivity contribution < 1.29 is 4.42 Å². The lowest BCUT2D eigenvalue weighted by atomic mass is 9.85. The molecule has 6 heteroatoms. The third kappa shape index (κ3) is 7.91. The molecular formula is C69H63N5O. The van der Waals surface area contributed by atoms with Crippen molar-refractivity contribution in [1.29, 1.82) is 0 Å². The average Bonchev–Trinajstić information content (AvgIpc) is 4.05. The number of para-hydroxylation sites is 1. The van der Waals surface area contributed by atoms with E-state index in [2.05, 4.69) is 224 Å². The fraction of sp³-hybridized carbons (Fsp3) is 0.232. The van der Waals surface area contributed by atoms with E-state index in [-0.39, 0.29) is 21.7 Å². The zero-order valence-electron chi connectivity index (χ0n) is 45.2. The Balaban J connectivity index is 1.25. The van der Waals surface area contributed by atoms with Crippen molar-refractivity contribution in [3.05, 3.63) is 197 Å². The van der Waals surface area contributed by atoms with Crippen LogP contribution in [0.4, 0.5) is 5.69 Å². The molecule has 0 saturated heterocycles. The molecule has 0 spiro atoms. The molecule has 4 aromatic heterocycles. The van der Waals surface area contributed by atoms with Gasteiger partial charge in [0.1, 0.15) is 11.2 Å².